The van der Waals surface area contributed by atoms with Crippen molar-refractivity contribution >= 4 is 12.4 Å². The second-order valence-corrected chi connectivity index (χ2v) is 5.39. The molecule has 0 aromatic carbocycles. The van der Waals surface area contributed by atoms with Crippen LogP contribution in [0.3, 0.4) is 0 Å². The third kappa shape index (κ3) is 5.59. The molecule has 0 atom stereocenters. The van der Waals surface area contributed by atoms with Crippen LogP contribution in [-0.4, -0.2) is 32.8 Å². The van der Waals surface area contributed by atoms with Crippen LogP contribution >= 0.6 is 0 Å². The van der Waals surface area contributed by atoms with E-state index < -0.39 is 11.6 Å². The zero-order chi connectivity index (χ0) is 18.1. The molecule has 0 saturated heterocycles. The van der Waals surface area contributed by atoms with Gasteiger partial charge < -0.3 is 10.4 Å². The Bertz CT molecular complexity index is 703. The number of hydrogen-bond donors (Lipinski definition) is 2. The molecule has 132 valence electrons. The molecule has 0 unspecified atom stereocenters. The van der Waals surface area contributed by atoms with Gasteiger partial charge in [0.15, 0.2) is 11.6 Å². The van der Waals surface area contributed by atoms with Gasteiger partial charge in [-0.25, -0.2) is 18.7 Å². The summed E-state index contributed by atoms with van der Waals surface area (Å²) >= 11 is 0. The van der Waals surface area contributed by atoms with Crippen LogP contribution in [0.1, 0.15) is 42.0 Å². The predicted octanol–water partition coefficient (Wildman–Crippen LogP) is 3.33. The lowest BCUT2D eigenvalue weighted by atomic mass is 10.1. The number of rotatable bonds is 8. The number of aromatic nitrogens is 2. The molecule has 2 rings (SSSR count). The van der Waals surface area contributed by atoms with Gasteiger partial charge in [-0.3, -0.25) is 0 Å². The summed E-state index contributed by atoms with van der Waals surface area (Å²) in [5, 5.41) is 22.5. The minimum atomic E-state index is -0.536. The van der Waals surface area contributed by atoms with Gasteiger partial charge in [-0.15, -0.1) is 0 Å². The standard InChI is InChI=1S/C17H18F2N4O2/c18-14-8-6-12(22-16(14)10-20-24)4-2-1-3-5-13-7-9-15(19)17(23-13)11-21-25/h6-11,24-25H,1-5H2/b20-10+,21-11?. The van der Waals surface area contributed by atoms with Crippen molar-refractivity contribution in [1.29, 1.82) is 0 Å². The fourth-order valence-electron chi connectivity index (χ4n) is 2.36. The Hall–Kier alpha value is -2.90. The van der Waals surface area contributed by atoms with Crippen LogP contribution in [0.4, 0.5) is 8.78 Å². The molecule has 0 aliphatic rings. The summed E-state index contributed by atoms with van der Waals surface area (Å²) in [5.41, 5.74) is 1.46. The van der Waals surface area contributed by atoms with Crippen molar-refractivity contribution in [2.45, 2.75) is 32.1 Å². The molecule has 6 nitrogen and oxygen atoms in total. The molecule has 0 saturated carbocycles. The van der Waals surface area contributed by atoms with Crippen LogP contribution in [0.5, 0.6) is 0 Å². The molecule has 2 aromatic heterocycles. The number of aryl methyl sites for hydroxylation is 2. The van der Waals surface area contributed by atoms with E-state index in [4.69, 9.17) is 10.4 Å². The van der Waals surface area contributed by atoms with E-state index in [1.54, 1.807) is 12.1 Å². The topological polar surface area (TPSA) is 91.0 Å². The zero-order valence-corrected chi connectivity index (χ0v) is 13.4. The first-order valence-electron chi connectivity index (χ1n) is 7.79. The Balaban J connectivity index is 1.80. The maximum absolute atomic E-state index is 13.4. The Morgan fingerprint density at radius 2 is 1.20 bits per heavy atom. The van der Waals surface area contributed by atoms with E-state index in [-0.39, 0.29) is 11.4 Å². The lowest BCUT2D eigenvalue weighted by molar-refractivity contribution is 0.321. The normalized spacial score (nSPS) is 11.6. The van der Waals surface area contributed by atoms with Crippen molar-refractivity contribution in [3.8, 4) is 0 Å². The van der Waals surface area contributed by atoms with Crippen LogP contribution in [0.2, 0.25) is 0 Å². The number of oxime groups is 2. The highest BCUT2D eigenvalue weighted by atomic mass is 19.1. The smallest absolute Gasteiger partial charge is 0.150 e. The van der Waals surface area contributed by atoms with Gasteiger partial charge in [-0.05, 0) is 49.9 Å². The predicted molar refractivity (Wildman–Crippen MR) is 88.4 cm³/mol. The maximum Gasteiger partial charge on any atom is 0.150 e. The summed E-state index contributed by atoms with van der Waals surface area (Å²) in [6.45, 7) is 0. The Kier molecular flexibility index (Phi) is 6.94. The molecule has 0 fully saturated rings. The van der Waals surface area contributed by atoms with Gasteiger partial charge in [0.05, 0.1) is 12.4 Å². The summed E-state index contributed by atoms with van der Waals surface area (Å²) in [6.07, 6.45) is 5.86. The monoisotopic (exact) mass is 348 g/mol. The Morgan fingerprint density at radius 1 is 0.760 bits per heavy atom. The van der Waals surface area contributed by atoms with E-state index in [1.165, 1.54) is 12.1 Å². The fraction of sp³-hybridized carbons (Fsp3) is 0.294. The molecule has 25 heavy (non-hydrogen) atoms. The fourth-order valence-corrected chi connectivity index (χ4v) is 2.36. The van der Waals surface area contributed by atoms with Gasteiger partial charge in [0.2, 0.25) is 0 Å². The second kappa shape index (κ2) is 9.41. The first-order chi connectivity index (χ1) is 12.1. The van der Waals surface area contributed by atoms with Crippen molar-refractivity contribution in [2.24, 2.45) is 10.3 Å². The highest BCUT2D eigenvalue weighted by Gasteiger charge is 2.05. The van der Waals surface area contributed by atoms with Gasteiger partial charge in [-0.1, -0.05) is 16.7 Å². The zero-order valence-electron chi connectivity index (χ0n) is 13.4. The summed E-state index contributed by atoms with van der Waals surface area (Å²) in [7, 11) is 0. The van der Waals surface area contributed by atoms with Crippen LogP contribution < -0.4 is 0 Å². The van der Waals surface area contributed by atoms with Gasteiger partial charge in [0.25, 0.3) is 0 Å². The SMILES string of the molecule is ON=Cc1nc(CCCCCc2ccc(F)c(/C=N/O)n2)ccc1F. The van der Waals surface area contributed by atoms with E-state index in [9.17, 15) is 8.78 Å². The minimum absolute atomic E-state index is 0.00795. The third-order valence-corrected chi connectivity index (χ3v) is 3.59. The average molecular weight is 348 g/mol. The number of unbranched alkanes of at least 4 members (excludes halogenated alkanes) is 2. The number of pyridine rings is 2. The van der Waals surface area contributed by atoms with Crippen molar-refractivity contribution in [3.05, 3.63) is 58.7 Å². The molecule has 2 heterocycles. The molecule has 2 aromatic rings. The van der Waals surface area contributed by atoms with Gasteiger partial charge in [0.1, 0.15) is 11.4 Å². The van der Waals surface area contributed by atoms with Crippen molar-refractivity contribution in [1.82, 2.24) is 9.97 Å². The molecule has 0 amide bonds. The van der Waals surface area contributed by atoms with E-state index >= 15 is 0 Å². The highest BCUT2D eigenvalue weighted by Crippen LogP contribution is 2.11. The largest absolute Gasteiger partial charge is 0.411 e. The van der Waals surface area contributed by atoms with Gasteiger partial charge in [-0.2, -0.15) is 0 Å². The lowest BCUT2D eigenvalue weighted by Gasteiger charge is -2.04. The van der Waals surface area contributed by atoms with Crippen molar-refractivity contribution in [3.63, 3.8) is 0 Å². The average Bonchev–Trinajstić information content (AvgIpc) is 2.60. The van der Waals surface area contributed by atoms with E-state index in [0.29, 0.717) is 12.8 Å². The summed E-state index contributed by atoms with van der Waals surface area (Å²) in [4.78, 5) is 8.17. The van der Waals surface area contributed by atoms with Crippen LogP contribution in [0.25, 0.3) is 0 Å². The van der Waals surface area contributed by atoms with E-state index in [0.717, 1.165) is 43.1 Å². The first-order valence-corrected chi connectivity index (χ1v) is 7.79. The summed E-state index contributed by atoms with van der Waals surface area (Å²) in [6, 6.07) is 5.80. The number of hydrogen-bond acceptors (Lipinski definition) is 6. The molecule has 0 bridgehead atoms. The second-order valence-electron chi connectivity index (χ2n) is 5.39. The molecule has 0 aliphatic carbocycles. The molecular weight excluding hydrogens is 330 g/mol. The lowest BCUT2D eigenvalue weighted by Crippen LogP contribution is -2.00. The maximum atomic E-state index is 13.4. The van der Waals surface area contributed by atoms with Crippen LogP contribution in [0, 0.1) is 11.6 Å². The Labute approximate surface area is 143 Å². The molecule has 8 heteroatoms. The minimum Gasteiger partial charge on any atom is -0.411 e. The van der Waals surface area contributed by atoms with Crippen LogP contribution in [0.15, 0.2) is 34.6 Å². The van der Waals surface area contributed by atoms with E-state index in [1.807, 2.05) is 0 Å². The van der Waals surface area contributed by atoms with E-state index in [2.05, 4.69) is 20.3 Å². The molecule has 0 spiro atoms. The van der Waals surface area contributed by atoms with Crippen LogP contribution in [-0.2, 0) is 12.8 Å². The number of nitrogens with zero attached hydrogens (tertiary/aromatic N) is 4. The van der Waals surface area contributed by atoms with Gasteiger partial charge in [0, 0.05) is 11.4 Å². The molecule has 0 radical (unpaired) electrons. The summed E-state index contributed by atoms with van der Waals surface area (Å²) in [5.74, 6) is -1.07. The van der Waals surface area contributed by atoms with Crippen molar-refractivity contribution in [2.75, 3.05) is 0 Å². The highest BCUT2D eigenvalue weighted by molar-refractivity contribution is 5.77. The Morgan fingerprint density at radius 3 is 1.60 bits per heavy atom. The number of halogens is 2. The molecule has 0 aliphatic heterocycles. The summed E-state index contributed by atoms with van der Waals surface area (Å²) < 4.78 is 26.8. The molecule has 2 N–H and O–H groups in total. The van der Waals surface area contributed by atoms with Gasteiger partial charge >= 0.3 is 0 Å². The molecular formula is C17H18F2N4O2. The quantitative estimate of drug-likeness (QED) is 0.331. The van der Waals surface area contributed by atoms with Crippen molar-refractivity contribution < 1.29 is 19.2 Å². The third-order valence-electron chi connectivity index (χ3n) is 3.59. The first kappa shape index (κ1) is 18.4.